The first-order valence-electron chi connectivity index (χ1n) is 12.0. The Morgan fingerprint density at radius 2 is 1.75 bits per heavy atom. The number of benzene rings is 2. The number of carbonyl (C=O) groups is 4. The van der Waals surface area contributed by atoms with Crippen LogP contribution in [0.4, 0.5) is 10.5 Å². The van der Waals surface area contributed by atoms with Gasteiger partial charge in [0.15, 0.2) is 12.4 Å². The van der Waals surface area contributed by atoms with E-state index in [9.17, 15) is 19.2 Å². The van der Waals surface area contributed by atoms with E-state index in [1.54, 1.807) is 36.4 Å². The number of nitrogens with zero attached hydrogens (tertiary/aromatic N) is 1. The number of amides is 4. The molecule has 0 bridgehead atoms. The molecular formula is C27H31N3O6. The third-order valence-electron chi connectivity index (χ3n) is 6.41. The molecule has 1 heterocycles. The monoisotopic (exact) mass is 493 g/mol. The Morgan fingerprint density at radius 1 is 1.06 bits per heavy atom. The second-order valence-corrected chi connectivity index (χ2v) is 10.4. The van der Waals surface area contributed by atoms with Gasteiger partial charge < -0.3 is 20.1 Å². The van der Waals surface area contributed by atoms with Crippen LogP contribution in [0.1, 0.15) is 40.0 Å². The summed E-state index contributed by atoms with van der Waals surface area (Å²) < 4.78 is 10.9. The first-order valence-corrected chi connectivity index (χ1v) is 12.0. The Hall–Kier alpha value is -3.88. The Morgan fingerprint density at radius 3 is 2.47 bits per heavy atom. The lowest BCUT2D eigenvalue weighted by atomic mass is 9.64. The smallest absolute Gasteiger partial charge is 0.326 e. The Kier molecular flexibility index (Phi) is 7.01. The summed E-state index contributed by atoms with van der Waals surface area (Å²) in [6.07, 6.45) is 1.99. The highest BCUT2D eigenvalue weighted by Crippen LogP contribution is 2.46. The molecule has 2 aromatic rings. The molecule has 2 N–H and O–H groups in total. The van der Waals surface area contributed by atoms with E-state index in [-0.39, 0.29) is 11.3 Å². The van der Waals surface area contributed by atoms with Crippen LogP contribution in [0.3, 0.4) is 0 Å². The summed E-state index contributed by atoms with van der Waals surface area (Å²) in [4.78, 5) is 51.5. The summed E-state index contributed by atoms with van der Waals surface area (Å²) in [5, 5.41) is 5.48. The first-order chi connectivity index (χ1) is 17.1. The van der Waals surface area contributed by atoms with Gasteiger partial charge in [-0.3, -0.25) is 19.3 Å². The molecule has 2 atom stereocenters. The van der Waals surface area contributed by atoms with Gasteiger partial charge in [0.25, 0.3) is 11.8 Å². The molecule has 1 aliphatic carbocycles. The Labute approximate surface area is 210 Å². The maximum absolute atomic E-state index is 13.2. The molecule has 2 aromatic carbocycles. The van der Waals surface area contributed by atoms with E-state index in [0.29, 0.717) is 30.0 Å². The van der Waals surface area contributed by atoms with Crippen LogP contribution in [0.25, 0.3) is 0 Å². The average molecular weight is 494 g/mol. The van der Waals surface area contributed by atoms with E-state index in [0.717, 1.165) is 11.3 Å². The zero-order valence-electron chi connectivity index (χ0n) is 20.7. The van der Waals surface area contributed by atoms with Crippen LogP contribution in [-0.4, -0.2) is 47.4 Å². The predicted octanol–water partition coefficient (Wildman–Crippen LogP) is 4.10. The molecule has 4 amide bonds. The molecule has 9 heteroatoms. The molecular weight excluding hydrogens is 462 g/mol. The Balaban J connectivity index is 1.32. The molecule has 2 aliphatic rings. The first kappa shape index (κ1) is 25.2. The third-order valence-corrected chi connectivity index (χ3v) is 6.41. The van der Waals surface area contributed by atoms with Crippen molar-refractivity contribution in [2.24, 2.45) is 11.3 Å². The predicted molar refractivity (Wildman–Crippen MR) is 132 cm³/mol. The van der Waals surface area contributed by atoms with Crippen molar-refractivity contribution in [3.8, 4) is 11.5 Å². The van der Waals surface area contributed by atoms with Crippen LogP contribution in [0.5, 0.6) is 11.5 Å². The van der Waals surface area contributed by atoms with Gasteiger partial charge in [-0.1, -0.05) is 51.1 Å². The second-order valence-electron chi connectivity index (χ2n) is 10.4. The van der Waals surface area contributed by atoms with Crippen molar-refractivity contribution in [2.45, 2.75) is 45.6 Å². The van der Waals surface area contributed by atoms with E-state index < -0.39 is 42.5 Å². The number of rotatable bonds is 7. The van der Waals surface area contributed by atoms with Gasteiger partial charge in [0.1, 0.15) is 17.8 Å². The number of urea groups is 1. The van der Waals surface area contributed by atoms with E-state index >= 15 is 0 Å². The molecule has 2 unspecified atom stereocenters. The van der Waals surface area contributed by atoms with Crippen LogP contribution < -0.4 is 15.4 Å². The van der Waals surface area contributed by atoms with Gasteiger partial charge in [-0.15, -0.1) is 0 Å². The van der Waals surface area contributed by atoms with E-state index in [2.05, 4.69) is 31.4 Å². The number of para-hydroxylation sites is 3. The highest BCUT2D eigenvalue weighted by atomic mass is 16.5. The SMILES string of the molecule is CC1CC(C)(C)CC2(C1)NC(=O)N(CC(=O)OCC(=O)Nc1ccccc1Oc1ccccc1)C2=O. The molecule has 0 aromatic heterocycles. The lowest BCUT2D eigenvalue weighted by Gasteiger charge is -2.43. The molecule has 4 rings (SSSR count). The normalized spacial score (nSPS) is 22.8. The van der Waals surface area contributed by atoms with E-state index in [1.165, 1.54) is 0 Å². The van der Waals surface area contributed by atoms with Gasteiger partial charge in [-0.05, 0) is 54.9 Å². The number of carbonyl (C=O) groups excluding carboxylic acids is 4. The number of imide groups is 1. The molecule has 36 heavy (non-hydrogen) atoms. The average Bonchev–Trinajstić information content (AvgIpc) is 3.01. The summed E-state index contributed by atoms with van der Waals surface area (Å²) in [6, 6.07) is 15.4. The number of hydrogen-bond acceptors (Lipinski definition) is 6. The zero-order chi connectivity index (χ0) is 25.9. The number of hydrogen-bond donors (Lipinski definition) is 2. The van der Waals surface area contributed by atoms with E-state index in [1.807, 2.05) is 18.2 Å². The van der Waals surface area contributed by atoms with Crippen molar-refractivity contribution < 1.29 is 28.7 Å². The molecule has 1 saturated heterocycles. The summed E-state index contributed by atoms with van der Waals surface area (Å²) in [6.45, 7) is 5.07. The fourth-order valence-corrected chi connectivity index (χ4v) is 5.43. The van der Waals surface area contributed by atoms with Gasteiger partial charge in [-0.2, -0.15) is 0 Å². The Bertz CT molecular complexity index is 1170. The van der Waals surface area contributed by atoms with Crippen LogP contribution in [0.15, 0.2) is 54.6 Å². The van der Waals surface area contributed by atoms with Crippen LogP contribution >= 0.6 is 0 Å². The minimum absolute atomic E-state index is 0.115. The largest absolute Gasteiger partial charge is 0.455 e. The minimum Gasteiger partial charge on any atom is -0.455 e. The summed E-state index contributed by atoms with van der Waals surface area (Å²) in [5.74, 6) is -0.556. The maximum Gasteiger partial charge on any atom is 0.326 e. The van der Waals surface area contributed by atoms with Crippen molar-refractivity contribution in [2.75, 3.05) is 18.5 Å². The fourth-order valence-electron chi connectivity index (χ4n) is 5.43. The quantitative estimate of drug-likeness (QED) is 0.444. The molecule has 0 radical (unpaired) electrons. The molecule has 190 valence electrons. The van der Waals surface area contributed by atoms with Gasteiger partial charge in [0.2, 0.25) is 0 Å². The highest BCUT2D eigenvalue weighted by molar-refractivity contribution is 6.09. The zero-order valence-corrected chi connectivity index (χ0v) is 20.7. The van der Waals surface area contributed by atoms with Gasteiger partial charge >= 0.3 is 12.0 Å². The summed E-state index contributed by atoms with van der Waals surface area (Å²) in [7, 11) is 0. The minimum atomic E-state index is -1.00. The van der Waals surface area contributed by atoms with Crippen molar-refractivity contribution in [1.29, 1.82) is 0 Å². The van der Waals surface area contributed by atoms with Crippen LogP contribution in [0.2, 0.25) is 0 Å². The standard InChI is InChI=1S/C27H31N3O6/c1-18-13-26(2,3)17-27(14-18)24(33)30(25(34)29-27)15-23(32)35-16-22(31)28-20-11-7-8-12-21(20)36-19-9-5-4-6-10-19/h4-12,18H,13-17H2,1-3H3,(H,28,31)(H,29,34). The van der Waals surface area contributed by atoms with Crippen LogP contribution in [0, 0.1) is 11.3 Å². The topological polar surface area (TPSA) is 114 Å². The van der Waals surface area contributed by atoms with Gasteiger partial charge in [0, 0.05) is 0 Å². The van der Waals surface area contributed by atoms with Crippen molar-refractivity contribution in [1.82, 2.24) is 10.2 Å². The molecule has 1 saturated carbocycles. The number of esters is 1. The van der Waals surface area contributed by atoms with Crippen molar-refractivity contribution in [3.63, 3.8) is 0 Å². The number of ether oxygens (including phenoxy) is 2. The number of anilines is 1. The number of nitrogens with one attached hydrogen (secondary N) is 2. The van der Waals surface area contributed by atoms with Gasteiger partial charge in [0.05, 0.1) is 5.69 Å². The van der Waals surface area contributed by atoms with Crippen molar-refractivity contribution in [3.05, 3.63) is 54.6 Å². The lowest BCUT2D eigenvalue weighted by molar-refractivity contribution is -0.150. The summed E-state index contributed by atoms with van der Waals surface area (Å²) >= 11 is 0. The molecule has 1 aliphatic heterocycles. The maximum atomic E-state index is 13.2. The van der Waals surface area contributed by atoms with E-state index in [4.69, 9.17) is 9.47 Å². The third kappa shape index (κ3) is 5.67. The lowest BCUT2D eigenvalue weighted by Crippen LogP contribution is -2.54. The molecule has 9 nitrogen and oxygen atoms in total. The molecule has 1 spiro atoms. The van der Waals surface area contributed by atoms with Gasteiger partial charge in [-0.25, -0.2) is 4.79 Å². The second kappa shape index (κ2) is 10.0. The summed E-state index contributed by atoms with van der Waals surface area (Å²) in [5.41, 5.74) is -0.707. The van der Waals surface area contributed by atoms with Crippen molar-refractivity contribution >= 4 is 29.5 Å². The highest BCUT2D eigenvalue weighted by Gasteiger charge is 2.56. The fraction of sp³-hybridized carbons (Fsp3) is 0.407. The van der Waals surface area contributed by atoms with Crippen LogP contribution in [-0.2, 0) is 19.1 Å². The molecule has 2 fully saturated rings.